The minimum absolute atomic E-state index is 0.269. The van der Waals surface area contributed by atoms with Gasteiger partial charge in [0, 0.05) is 16.4 Å². The van der Waals surface area contributed by atoms with Crippen molar-refractivity contribution in [3.8, 4) is 0 Å². The summed E-state index contributed by atoms with van der Waals surface area (Å²) in [6, 6.07) is 14.8. The topological polar surface area (TPSA) is 46.6 Å². The van der Waals surface area contributed by atoms with Crippen LogP contribution >= 0.6 is 11.6 Å². The zero-order valence-corrected chi connectivity index (χ0v) is 16.2. The van der Waals surface area contributed by atoms with Crippen molar-refractivity contribution in [3.05, 3.63) is 81.5 Å². The number of benzene rings is 2. The molecule has 1 aliphatic heterocycles. The lowest BCUT2D eigenvalue weighted by Crippen LogP contribution is -2.24. The first-order chi connectivity index (χ1) is 13.0. The fourth-order valence-electron chi connectivity index (χ4n) is 3.10. The molecule has 5 heteroatoms. The van der Waals surface area contributed by atoms with Gasteiger partial charge in [0.2, 0.25) is 0 Å². The summed E-state index contributed by atoms with van der Waals surface area (Å²) in [5.74, 6) is -0.802. The van der Waals surface area contributed by atoms with Gasteiger partial charge in [0.25, 0.3) is 5.91 Å². The first-order valence-corrected chi connectivity index (χ1v) is 9.04. The Balaban J connectivity index is 2.09. The Morgan fingerprint density at radius 1 is 1.11 bits per heavy atom. The number of anilines is 1. The normalized spacial score (nSPS) is 15.6. The number of hydrogen-bond donors (Lipinski definition) is 0. The van der Waals surface area contributed by atoms with E-state index in [1.54, 1.807) is 37.3 Å². The van der Waals surface area contributed by atoms with Crippen molar-refractivity contribution in [2.24, 2.45) is 0 Å². The Labute approximate surface area is 163 Å². The minimum Gasteiger partial charge on any atom is -0.465 e. The molecule has 4 nitrogen and oxygen atoms in total. The van der Waals surface area contributed by atoms with Crippen molar-refractivity contribution in [2.75, 3.05) is 12.0 Å². The molecule has 0 aliphatic carbocycles. The van der Waals surface area contributed by atoms with E-state index in [9.17, 15) is 9.59 Å². The number of nitrogens with zero attached hydrogens (tertiary/aromatic N) is 1. The van der Waals surface area contributed by atoms with E-state index in [-0.39, 0.29) is 11.5 Å². The zero-order chi connectivity index (χ0) is 19.6. The third-order valence-electron chi connectivity index (χ3n) is 4.57. The number of halogens is 1. The second kappa shape index (κ2) is 7.80. The van der Waals surface area contributed by atoms with Crippen LogP contribution in [0.4, 0.5) is 5.69 Å². The van der Waals surface area contributed by atoms with E-state index in [0.29, 0.717) is 22.0 Å². The van der Waals surface area contributed by atoms with Gasteiger partial charge in [0.15, 0.2) is 0 Å². The number of carbonyl (C=O) groups is 2. The van der Waals surface area contributed by atoms with Crippen molar-refractivity contribution < 1.29 is 14.3 Å². The smallest absolute Gasteiger partial charge is 0.340 e. The number of rotatable bonds is 4. The van der Waals surface area contributed by atoms with Crippen molar-refractivity contribution in [1.82, 2.24) is 0 Å². The number of amides is 1. The lowest BCUT2D eigenvalue weighted by Gasteiger charge is -2.17. The molecule has 0 fully saturated rings. The summed E-state index contributed by atoms with van der Waals surface area (Å²) in [6.45, 7) is 3.82. The molecule has 1 amide bonds. The Bertz CT molecular complexity index is 941. The van der Waals surface area contributed by atoms with Crippen LogP contribution in [-0.2, 0) is 20.7 Å². The lowest BCUT2D eigenvalue weighted by molar-refractivity contribution is -0.136. The molecule has 0 bridgehead atoms. The average molecular weight is 382 g/mol. The molecular weight excluding hydrogens is 362 g/mol. The first kappa shape index (κ1) is 18.9. The van der Waals surface area contributed by atoms with Gasteiger partial charge >= 0.3 is 5.97 Å². The van der Waals surface area contributed by atoms with Crippen molar-refractivity contribution in [2.45, 2.75) is 20.3 Å². The molecule has 0 radical (unpaired) electrons. The standard InChI is InChI=1S/C22H20ClNO3/c1-4-15-5-7-16(8-6-15)13-19-20(22(26)27-3)14(2)24(21(19)25)18-11-9-17(23)10-12-18/h5-13H,4H2,1-3H3/b19-13-. The van der Waals surface area contributed by atoms with Gasteiger partial charge in [-0.3, -0.25) is 9.69 Å². The molecule has 1 heterocycles. The van der Waals surface area contributed by atoms with Gasteiger partial charge in [-0.05, 0) is 54.8 Å². The van der Waals surface area contributed by atoms with Crippen LogP contribution in [-0.4, -0.2) is 19.0 Å². The summed E-state index contributed by atoms with van der Waals surface area (Å²) in [7, 11) is 1.31. The van der Waals surface area contributed by atoms with Gasteiger partial charge in [-0.25, -0.2) is 4.79 Å². The highest BCUT2D eigenvalue weighted by molar-refractivity contribution is 6.30. The first-order valence-electron chi connectivity index (χ1n) is 8.66. The van der Waals surface area contributed by atoms with Crippen LogP contribution in [0.3, 0.4) is 0 Å². The predicted octanol–water partition coefficient (Wildman–Crippen LogP) is 4.78. The minimum atomic E-state index is -0.534. The highest BCUT2D eigenvalue weighted by atomic mass is 35.5. The van der Waals surface area contributed by atoms with Crippen LogP contribution in [0.25, 0.3) is 6.08 Å². The van der Waals surface area contributed by atoms with E-state index in [1.807, 2.05) is 24.3 Å². The van der Waals surface area contributed by atoms with Gasteiger partial charge in [-0.2, -0.15) is 0 Å². The van der Waals surface area contributed by atoms with Crippen LogP contribution < -0.4 is 4.90 Å². The van der Waals surface area contributed by atoms with E-state index in [0.717, 1.165) is 12.0 Å². The molecule has 3 rings (SSSR count). The van der Waals surface area contributed by atoms with E-state index < -0.39 is 5.97 Å². The maximum atomic E-state index is 13.1. The Kier molecular flexibility index (Phi) is 5.47. The molecule has 2 aromatic rings. The second-order valence-corrected chi connectivity index (χ2v) is 6.66. The maximum absolute atomic E-state index is 13.1. The number of hydrogen-bond acceptors (Lipinski definition) is 3. The molecule has 0 N–H and O–H groups in total. The number of esters is 1. The fraction of sp³-hybridized carbons (Fsp3) is 0.182. The third-order valence-corrected chi connectivity index (χ3v) is 4.83. The average Bonchev–Trinajstić information content (AvgIpc) is 2.92. The third kappa shape index (κ3) is 3.67. The van der Waals surface area contributed by atoms with Crippen molar-refractivity contribution in [1.29, 1.82) is 0 Å². The summed E-state index contributed by atoms with van der Waals surface area (Å²) in [5, 5.41) is 0.576. The predicted molar refractivity (Wildman–Crippen MR) is 107 cm³/mol. The quantitative estimate of drug-likeness (QED) is 0.565. The second-order valence-electron chi connectivity index (χ2n) is 6.22. The van der Waals surface area contributed by atoms with Gasteiger partial charge in [-0.1, -0.05) is 42.8 Å². The number of ether oxygens (including phenoxy) is 1. The van der Waals surface area contributed by atoms with Gasteiger partial charge in [-0.15, -0.1) is 0 Å². The fourth-order valence-corrected chi connectivity index (χ4v) is 3.22. The van der Waals surface area contributed by atoms with Crippen LogP contribution in [0, 0.1) is 0 Å². The summed E-state index contributed by atoms with van der Waals surface area (Å²) >= 11 is 5.95. The Morgan fingerprint density at radius 2 is 1.74 bits per heavy atom. The van der Waals surface area contributed by atoms with E-state index in [2.05, 4.69) is 6.92 Å². The summed E-state index contributed by atoms with van der Waals surface area (Å²) in [4.78, 5) is 27.0. The van der Waals surface area contributed by atoms with E-state index in [1.165, 1.54) is 17.6 Å². The summed E-state index contributed by atoms with van der Waals surface area (Å²) in [6.07, 6.45) is 2.67. The molecule has 27 heavy (non-hydrogen) atoms. The highest BCUT2D eigenvalue weighted by Crippen LogP contribution is 2.35. The maximum Gasteiger partial charge on any atom is 0.340 e. The van der Waals surface area contributed by atoms with Gasteiger partial charge in [0.1, 0.15) is 0 Å². The Hall–Kier alpha value is -2.85. The van der Waals surface area contributed by atoms with Crippen LogP contribution in [0.15, 0.2) is 65.4 Å². The lowest BCUT2D eigenvalue weighted by atomic mass is 10.0. The van der Waals surface area contributed by atoms with Gasteiger partial charge in [0.05, 0.1) is 18.3 Å². The Morgan fingerprint density at radius 3 is 2.30 bits per heavy atom. The largest absolute Gasteiger partial charge is 0.465 e. The zero-order valence-electron chi connectivity index (χ0n) is 15.5. The SMILES string of the molecule is CCc1ccc(/C=C2\C(=O)N(c3ccc(Cl)cc3)C(C)=C2C(=O)OC)cc1. The van der Waals surface area contributed by atoms with E-state index >= 15 is 0 Å². The number of aryl methyl sites for hydroxylation is 1. The summed E-state index contributed by atoms with van der Waals surface area (Å²) < 4.78 is 4.92. The molecule has 0 atom stereocenters. The molecule has 0 saturated carbocycles. The number of methoxy groups -OCH3 is 1. The molecule has 0 saturated heterocycles. The monoisotopic (exact) mass is 381 g/mol. The molecule has 138 valence electrons. The van der Waals surface area contributed by atoms with Crippen molar-refractivity contribution >= 4 is 35.2 Å². The van der Waals surface area contributed by atoms with E-state index in [4.69, 9.17) is 16.3 Å². The number of carbonyl (C=O) groups excluding carboxylic acids is 2. The molecule has 0 spiro atoms. The molecule has 0 unspecified atom stereocenters. The molecule has 1 aliphatic rings. The van der Waals surface area contributed by atoms with Gasteiger partial charge < -0.3 is 4.74 Å². The van der Waals surface area contributed by atoms with Crippen LogP contribution in [0.2, 0.25) is 5.02 Å². The van der Waals surface area contributed by atoms with Crippen LogP contribution in [0.1, 0.15) is 25.0 Å². The highest BCUT2D eigenvalue weighted by Gasteiger charge is 2.37. The van der Waals surface area contributed by atoms with Crippen molar-refractivity contribution in [3.63, 3.8) is 0 Å². The molecule has 2 aromatic carbocycles. The molecular formula is C22H20ClNO3. The molecule has 0 aromatic heterocycles. The number of allylic oxidation sites excluding steroid dienone is 1. The summed E-state index contributed by atoms with van der Waals surface area (Å²) in [5.41, 5.74) is 3.83. The van der Waals surface area contributed by atoms with Crippen LogP contribution in [0.5, 0.6) is 0 Å².